The molecule has 0 radical (unpaired) electrons. The van der Waals surface area contributed by atoms with Gasteiger partial charge in [-0.3, -0.25) is 0 Å². The lowest BCUT2D eigenvalue weighted by molar-refractivity contribution is -0.141. The minimum atomic E-state index is -4.49. The number of alkyl halides is 3. The number of imidazole rings is 1. The van der Waals surface area contributed by atoms with Gasteiger partial charge in [0.2, 0.25) is 0 Å². The van der Waals surface area contributed by atoms with Crippen LogP contribution in [0.1, 0.15) is 5.69 Å². The smallest absolute Gasteiger partial charge is 0.333 e. The summed E-state index contributed by atoms with van der Waals surface area (Å²) in [4.78, 5) is 5.99. The van der Waals surface area contributed by atoms with Gasteiger partial charge >= 0.3 is 6.18 Å². The van der Waals surface area contributed by atoms with Crippen molar-refractivity contribution in [2.24, 2.45) is 0 Å². The van der Waals surface area contributed by atoms with Gasteiger partial charge in [0.15, 0.2) is 5.69 Å². The zero-order chi connectivity index (χ0) is 13.5. The number of benzene rings is 1. The van der Waals surface area contributed by atoms with Crippen molar-refractivity contribution in [1.29, 1.82) is 0 Å². The Balaban J connectivity index is 2.53. The molecule has 96 valence electrons. The highest BCUT2D eigenvalue weighted by Gasteiger charge is 2.36. The molecule has 0 aliphatic rings. The number of aromatic amines is 1. The number of hydrogen-bond acceptors (Lipinski definition) is 1. The quantitative estimate of drug-likeness (QED) is 0.689. The van der Waals surface area contributed by atoms with E-state index in [1.54, 1.807) is 18.2 Å². The molecule has 0 saturated heterocycles. The predicted octanol–water partition coefficient (Wildman–Crippen LogP) is 5.27. The van der Waals surface area contributed by atoms with Crippen molar-refractivity contribution in [3.05, 3.63) is 38.0 Å². The monoisotopic (exact) mass is 402 g/mol. The molecule has 0 spiro atoms. The van der Waals surface area contributed by atoms with E-state index in [2.05, 4.69) is 41.8 Å². The summed E-state index contributed by atoms with van der Waals surface area (Å²) < 4.78 is 38.2. The first-order valence-electron chi connectivity index (χ1n) is 4.57. The van der Waals surface area contributed by atoms with Crippen molar-refractivity contribution in [1.82, 2.24) is 9.97 Å². The van der Waals surface area contributed by atoms with Crippen LogP contribution in [-0.4, -0.2) is 9.97 Å². The number of aromatic nitrogens is 2. The second kappa shape index (κ2) is 4.86. The summed E-state index contributed by atoms with van der Waals surface area (Å²) in [5.41, 5.74) is -0.535. The summed E-state index contributed by atoms with van der Waals surface area (Å²) in [6.45, 7) is 0. The molecule has 0 fully saturated rings. The molecule has 1 heterocycles. The lowest BCUT2D eigenvalue weighted by Gasteiger charge is -2.03. The van der Waals surface area contributed by atoms with Crippen LogP contribution in [0.4, 0.5) is 13.2 Å². The number of halogens is 6. The van der Waals surface area contributed by atoms with E-state index < -0.39 is 11.9 Å². The molecular weight excluding hydrogens is 400 g/mol. The van der Waals surface area contributed by atoms with Crippen LogP contribution in [0.2, 0.25) is 5.02 Å². The van der Waals surface area contributed by atoms with Crippen molar-refractivity contribution in [3.8, 4) is 11.4 Å². The van der Waals surface area contributed by atoms with Gasteiger partial charge in [-0.1, -0.05) is 27.5 Å². The summed E-state index contributed by atoms with van der Waals surface area (Å²) in [6.07, 6.45) is -4.49. The molecule has 0 unspecified atom stereocenters. The van der Waals surface area contributed by atoms with Crippen LogP contribution < -0.4 is 0 Å². The molecule has 2 rings (SSSR count). The predicted molar refractivity (Wildman–Crippen MR) is 69.4 cm³/mol. The summed E-state index contributed by atoms with van der Waals surface area (Å²) in [6, 6.07) is 4.84. The molecule has 0 aliphatic heterocycles. The molecular formula is C10H4Br2ClF3N2. The fraction of sp³-hybridized carbons (Fsp3) is 0.100. The van der Waals surface area contributed by atoms with Gasteiger partial charge in [0.25, 0.3) is 0 Å². The molecule has 0 saturated carbocycles. The molecule has 0 bridgehead atoms. The minimum Gasteiger partial charge on any atom is -0.333 e. The SMILES string of the molecule is FC(F)(F)c1[nH]c(-c2ccc(Br)cc2Cl)nc1Br. The van der Waals surface area contributed by atoms with Gasteiger partial charge in [0.1, 0.15) is 10.4 Å². The summed E-state index contributed by atoms with van der Waals surface area (Å²) >= 11 is 11.9. The molecule has 0 atom stereocenters. The van der Waals surface area contributed by atoms with Crippen molar-refractivity contribution in [3.63, 3.8) is 0 Å². The van der Waals surface area contributed by atoms with Gasteiger partial charge in [0, 0.05) is 10.0 Å². The molecule has 0 amide bonds. The van der Waals surface area contributed by atoms with Crippen LogP contribution in [-0.2, 0) is 6.18 Å². The first-order chi connectivity index (χ1) is 8.29. The van der Waals surface area contributed by atoms with Crippen LogP contribution >= 0.6 is 43.5 Å². The topological polar surface area (TPSA) is 28.7 Å². The zero-order valence-corrected chi connectivity index (χ0v) is 12.4. The normalized spacial score (nSPS) is 11.9. The third kappa shape index (κ3) is 2.73. The van der Waals surface area contributed by atoms with E-state index in [9.17, 15) is 13.2 Å². The first kappa shape index (κ1) is 13.9. The third-order valence-electron chi connectivity index (χ3n) is 2.13. The van der Waals surface area contributed by atoms with E-state index in [0.717, 1.165) is 4.47 Å². The van der Waals surface area contributed by atoms with Gasteiger partial charge in [-0.15, -0.1) is 0 Å². The van der Waals surface area contributed by atoms with E-state index in [-0.39, 0.29) is 10.4 Å². The molecule has 8 heteroatoms. The standard InChI is InChI=1S/C10H4Br2ClF3N2/c11-4-1-2-5(6(13)3-4)9-17-7(8(12)18-9)10(14,15)16/h1-3H,(H,17,18). The van der Waals surface area contributed by atoms with Crippen LogP contribution in [0, 0.1) is 0 Å². The van der Waals surface area contributed by atoms with Crippen LogP contribution in [0.25, 0.3) is 11.4 Å². The molecule has 0 aliphatic carbocycles. The van der Waals surface area contributed by atoms with Gasteiger partial charge in [-0.25, -0.2) is 4.98 Å². The van der Waals surface area contributed by atoms with Crippen molar-refractivity contribution >= 4 is 43.5 Å². The molecule has 2 aromatic rings. The maximum Gasteiger partial charge on any atom is 0.433 e. The fourth-order valence-corrected chi connectivity index (χ4v) is 2.61. The van der Waals surface area contributed by atoms with E-state index >= 15 is 0 Å². The second-order valence-electron chi connectivity index (χ2n) is 3.37. The Hall–Kier alpha value is -0.530. The summed E-state index contributed by atoms with van der Waals surface area (Å²) in [5.74, 6) is 0.0618. The Labute approximate surface area is 122 Å². The van der Waals surface area contributed by atoms with Crippen molar-refractivity contribution in [2.45, 2.75) is 6.18 Å². The summed E-state index contributed by atoms with van der Waals surface area (Å²) in [7, 11) is 0. The first-order valence-corrected chi connectivity index (χ1v) is 6.53. The largest absolute Gasteiger partial charge is 0.433 e. The maximum absolute atomic E-state index is 12.6. The Morgan fingerprint density at radius 2 is 1.89 bits per heavy atom. The van der Waals surface area contributed by atoms with Crippen LogP contribution in [0.3, 0.4) is 0 Å². The average molecular weight is 404 g/mol. The molecule has 1 N–H and O–H groups in total. The summed E-state index contributed by atoms with van der Waals surface area (Å²) in [5, 5.41) is 0.305. The number of rotatable bonds is 1. The van der Waals surface area contributed by atoms with Gasteiger partial charge < -0.3 is 4.98 Å². The van der Waals surface area contributed by atoms with Crippen LogP contribution in [0.15, 0.2) is 27.3 Å². The highest BCUT2D eigenvalue weighted by atomic mass is 79.9. The zero-order valence-electron chi connectivity index (χ0n) is 8.45. The number of hydrogen-bond donors (Lipinski definition) is 1. The number of nitrogens with zero attached hydrogens (tertiary/aromatic N) is 1. The second-order valence-corrected chi connectivity index (χ2v) is 5.45. The lowest BCUT2D eigenvalue weighted by Crippen LogP contribution is -2.06. The Morgan fingerprint density at radius 1 is 1.22 bits per heavy atom. The van der Waals surface area contributed by atoms with E-state index in [0.29, 0.717) is 10.6 Å². The minimum absolute atomic E-state index is 0.0618. The van der Waals surface area contributed by atoms with E-state index in [1.165, 1.54) is 0 Å². The molecule has 18 heavy (non-hydrogen) atoms. The third-order valence-corrected chi connectivity index (χ3v) is 3.51. The number of nitrogens with one attached hydrogen (secondary N) is 1. The Bertz CT molecular complexity index is 595. The fourth-order valence-electron chi connectivity index (χ4n) is 1.35. The Morgan fingerprint density at radius 3 is 2.39 bits per heavy atom. The highest BCUT2D eigenvalue weighted by Crippen LogP contribution is 2.36. The van der Waals surface area contributed by atoms with Crippen molar-refractivity contribution < 1.29 is 13.2 Å². The van der Waals surface area contributed by atoms with E-state index in [4.69, 9.17) is 11.6 Å². The van der Waals surface area contributed by atoms with Gasteiger partial charge in [0.05, 0.1) is 5.02 Å². The molecule has 2 nitrogen and oxygen atoms in total. The number of H-pyrrole nitrogens is 1. The van der Waals surface area contributed by atoms with E-state index in [1.807, 2.05) is 0 Å². The van der Waals surface area contributed by atoms with Crippen LogP contribution in [0.5, 0.6) is 0 Å². The highest BCUT2D eigenvalue weighted by molar-refractivity contribution is 9.10. The van der Waals surface area contributed by atoms with Gasteiger partial charge in [-0.2, -0.15) is 13.2 Å². The Kier molecular flexibility index (Phi) is 3.75. The van der Waals surface area contributed by atoms with Gasteiger partial charge in [-0.05, 0) is 34.1 Å². The maximum atomic E-state index is 12.6. The lowest BCUT2D eigenvalue weighted by atomic mass is 10.2. The molecule has 1 aromatic heterocycles. The van der Waals surface area contributed by atoms with Crippen molar-refractivity contribution in [2.75, 3.05) is 0 Å². The average Bonchev–Trinajstić information content (AvgIpc) is 2.59. The molecule has 1 aromatic carbocycles.